The van der Waals surface area contributed by atoms with Crippen LogP contribution < -0.4 is 20.2 Å². The molecule has 0 aromatic heterocycles. The number of carbonyl (C=O) groups excluding carboxylic acids is 1. The number of hydrogen-bond acceptors (Lipinski definition) is 5. The lowest BCUT2D eigenvalue weighted by Gasteiger charge is -2.14. The van der Waals surface area contributed by atoms with Crippen LogP contribution in [0.3, 0.4) is 0 Å². The fourth-order valence-electron chi connectivity index (χ4n) is 2.87. The zero-order valence-corrected chi connectivity index (χ0v) is 20.7. The summed E-state index contributed by atoms with van der Waals surface area (Å²) in [5, 5.41) is 7.78. The van der Waals surface area contributed by atoms with E-state index in [1.54, 1.807) is 6.21 Å². The first-order valence-corrected chi connectivity index (χ1v) is 11.6. The van der Waals surface area contributed by atoms with E-state index < -0.39 is 0 Å². The molecular formula is C25H25BrClN3O3. The highest BCUT2D eigenvalue weighted by Crippen LogP contribution is 2.37. The van der Waals surface area contributed by atoms with Gasteiger partial charge < -0.3 is 14.8 Å². The summed E-state index contributed by atoms with van der Waals surface area (Å²) in [6.07, 6.45) is 1.56. The summed E-state index contributed by atoms with van der Waals surface area (Å²) in [6.45, 7) is 4.88. The maximum atomic E-state index is 12.1. The minimum absolute atomic E-state index is 0.117. The SMILES string of the molecule is CCOc1cc(/C=N\NC(=O)CNc2ccc(C)cc2)cc(Br)c1OCc1ccc(Cl)cc1. The first-order chi connectivity index (χ1) is 15.9. The number of amides is 1. The third-order valence-electron chi connectivity index (χ3n) is 4.54. The van der Waals surface area contributed by atoms with Gasteiger partial charge in [0.2, 0.25) is 0 Å². The standard InChI is InChI=1S/C25H25BrClN3O3/c1-3-32-23-13-19(12-22(26)25(23)33-16-18-6-8-20(27)9-7-18)14-29-30-24(31)15-28-21-10-4-17(2)5-11-21/h4-14,28H,3,15-16H2,1-2H3,(H,30,31)/b29-14-. The van der Waals surface area contributed by atoms with Gasteiger partial charge in [-0.3, -0.25) is 4.79 Å². The Kier molecular flexibility index (Phi) is 9.15. The quantitative estimate of drug-likeness (QED) is 0.251. The molecule has 33 heavy (non-hydrogen) atoms. The Balaban J connectivity index is 1.60. The van der Waals surface area contributed by atoms with E-state index in [1.165, 1.54) is 0 Å². The number of carbonyl (C=O) groups is 1. The average Bonchev–Trinajstić information content (AvgIpc) is 2.79. The number of ether oxygens (including phenoxy) is 2. The van der Waals surface area contributed by atoms with E-state index in [-0.39, 0.29) is 12.5 Å². The van der Waals surface area contributed by atoms with Crippen molar-refractivity contribution in [1.82, 2.24) is 5.43 Å². The van der Waals surface area contributed by atoms with Crippen LogP contribution >= 0.6 is 27.5 Å². The molecule has 0 bridgehead atoms. The summed E-state index contributed by atoms with van der Waals surface area (Å²) < 4.78 is 12.5. The van der Waals surface area contributed by atoms with Crippen molar-refractivity contribution in [3.63, 3.8) is 0 Å². The van der Waals surface area contributed by atoms with Gasteiger partial charge in [0.15, 0.2) is 11.5 Å². The van der Waals surface area contributed by atoms with E-state index in [2.05, 4.69) is 31.8 Å². The molecule has 0 heterocycles. The first kappa shape index (κ1) is 24.6. The lowest BCUT2D eigenvalue weighted by molar-refractivity contribution is -0.119. The predicted octanol–water partition coefficient (Wildman–Crippen LogP) is 5.95. The highest BCUT2D eigenvalue weighted by Gasteiger charge is 2.12. The van der Waals surface area contributed by atoms with Crippen molar-refractivity contribution in [2.45, 2.75) is 20.5 Å². The molecular weight excluding hydrogens is 506 g/mol. The molecule has 6 nitrogen and oxygen atoms in total. The van der Waals surface area contributed by atoms with Gasteiger partial charge >= 0.3 is 0 Å². The maximum Gasteiger partial charge on any atom is 0.259 e. The van der Waals surface area contributed by atoms with Crippen LogP contribution in [-0.2, 0) is 11.4 Å². The minimum atomic E-state index is -0.251. The molecule has 0 saturated heterocycles. The monoisotopic (exact) mass is 529 g/mol. The van der Waals surface area contributed by atoms with E-state index in [4.69, 9.17) is 21.1 Å². The lowest BCUT2D eigenvalue weighted by Crippen LogP contribution is -2.25. The van der Waals surface area contributed by atoms with E-state index in [9.17, 15) is 4.79 Å². The van der Waals surface area contributed by atoms with Crippen molar-refractivity contribution in [2.24, 2.45) is 5.10 Å². The molecule has 0 atom stereocenters. The largest absolute Gasteiger partial charge is 0.490 e. The number of hydrazone groups is 1. The summed E-state index contributed by atoms with van der Waals surface area (Å²) in [5.41, 5.74) is 6.29. The zero-order valence-electron chi connectivity index (χ0n) is 18.4. The lowest BCUT2D eigenvalue weighted by atomic mass is 10.2. The molecule has 0 radical (unpaired) electrons. The van der Waals surface area contributed by atoms with Crippen LogP contribution in [0, 0.1) is 6.92 Å². The third-order valence-corrected chi connectivity index (χ3v) is 5.38. The molecule has 3 aromatic carbocycles. The normalized spacial score (nSPS) is 10.8. The predicted molar refractivity (Wildman–Crippen MR) is 137 cm³/mol. The van der Waals surface area contributed by atoms with Crippen LogP contribution in [0.15, 0.2) is 70.2 Å². The van der Waals surface area contributed by atoms with Gasteiger partial charge in [0.25, 0.3) is 5.91 Å². The zero-order chi connectivity index (χ0) is 23.6. The summed E-state index contributed by atoms with van der Waals surface area (Å²) in [6, 6.07) is 18.9. The number of nitrogens with one attached hydrogen (secondary N) is 2. The average molecular weight is 531 g/mol. The number of halogens is 2. The molecule has 172 valence electrons. The molecule has 0 aliphatic rings. The van der Waals surface area contributed by atoms with E-state index in [0.717, 1.165) is 26.9 Å². The van der Waals surface area contributed by atoms with Crippen LogP contribution in [0.4, 0.5) is 5.69 Å². The maximum absolute atomic E-state index is 12.1. The molecule has 8 heteroatoms. The molecule has 0 aliphatic heterocycles. The van der Waals surface area contributed by atoms with Crippen molar-refractivity contribution in [1.29, 1.82) is 0 Å². The van der Waals surface area contributed by atoms with Crippen molar-refractivity contribution in [3.8, 4) is 11.5 Å². The second-order valence-electron chi connectivity index (χ2n) is 7.19. The second-order valence-corrected chi connectivity index (χ2v) is 8.48. The Hall–Kier alpha value is -3.03. The highest BCUT2D eigenvalue weighted by molar-refractivity contribution is 9.10. The van der Waals surface area contributed by atoms with Crippen LogP contribution in [-0.4, -0.2) is 25.3 Å². The molecule has 0 saturated carbocycles. The van der Waals surface area contributed by atoms with Gasteiger partial charge in [0.1, 0.15) is 6.61 Å². The number of benzene rings is 3. The van der Waals surface area contributed by atoms with Gasteiger partial charge in [0.05, 0.1) is 23.8 Å². The molecule has 0 aliphatic carbocycles. The van der Waals surface area contributed by atoms with Crippen LogP contribution in [0.2, 0.25) is 5.02 Å². The topological polar surface area (TPSA) is 72.0 Å². The van der Waals surface area contributed by atoms with E-state index in [0.29, 0.717) is 29.7 Å². The summed E-state index contributed by atoms with van der Waals surface area (Å²) in [4.78, 5) is 12.1. The Labute approximate surface area is 207 Å². The summed E-state index contributed by atoms with van der Waals surface area (Å²) >= 11 is 9.48. The van der Waals surface area contributed by atoms with Crippen LogP contribution in [0.25, 0.3) is 0 Å². The van der Waals surface area contributed by atoms with E-state index >= 15 is 0 Å². The van der Waals surface area contributed by atoms with Crippen molar-refractivity contribution < 1.29 is 14.3 Å². The Bertz CT molecular complexity index is 1100. The van der Waals surface area contributed by atoms with Crippen molar-refractivity contribution in [2.75, 3.05) is 18.5 Å². The molecule has 3 rings (SSSR count). The highest BCUT2D eigenvalue weighted by atomic mass is 79.9. The Morgan fingerprint density at radius 1 is 1.09 bits per heavy atom. The number of nitrogens with zero attached hydrogens (tertiary/aromatic N) is 1. The number of hydrogen-bond donors (Lipinski definition) is 2. The van der Waals surface area contributed by atoms with Gasteiger partial charge in [-0.1, -0.05) is 41.4 Å². The minimum Gasteiger partial charge on any atom is -0.490 e. The van der Waals surface area contributed by atoms with Gasteiger partial charge in [-0.25, -0.2) is 5.43 Å². The van der Waals surface area contributed by atoms with Gasteiger partial charge in [-0.15, -0.1) is 0 Å². The smallest absolute Gasteiger partial charge is 0.259 e. The van der Waals surface area contributed by atoms with Crippen LogP contribution in [0.1, 0.15) is 23.6 Å². The molecule has 0 spiro atoms. The van der Waals surface area contributed by atoms with Gasteiger partial charge in [-0.2, -0.15) is 5.10 Å². The fourth-order valence-corrected chi connectivity index (χ4v) is 3.57. The summed E-state index contributed by atoms with van der Waals surface area (Å²) in [7, 11) is 0. The number of anilines is 1. The molecule has 1 amide bonds. The number of rotatable bonds is 10. The Morgan fingerprint density at radius 2 is 1.82 bits per heavy atom. The molecule has 0 unspecified atom stereocenters. The van der Waals surface area contributed by atoms with Crippen molar-refractivity contribution >= 4 is 45.3 Å². The molecule has 2 N–H and O–H groups in total. The van der Waals surface area contributed by atoms with Crippen LogP contribution in [0.5, 0.6) is 11.5 Å². The Morgan fingerprint density at radius 3 is 2.52 bits per heavy atom. The summed E-state index contributed by atoms with van der Waals surface area (Å²) in [5.74, 6) is 0.920. The number of aryl methyl sites for hydroxylation is 1. The molecule has 3 aromatic rings. The fraction of sp³-hybridized carbons (Fsp3) is 0.200. The second kappa shape index (κ2) is 12.3. The first-order valence-electron chi connectivity index (χ1n) is 10.4. The van der Waals surface area contributed by atoms with Crippen molar-refractivity contribution in [3.05, 3.63) is 86.8 Å². The van der Waals surface area contributed by atoms with Gasteiger partial charge in [0, 0.05) is 10.7 Å². The van der Waals surface area contributed by atoms with E-state index in [1.807, 2.05) is 74.5 Å². The molecule has 0 fully saturated rings. The third kappa shape index (κ3) is 7.80. The van der Waals surface area contributed by atoms with Gasteiger partial charge in [-0.05, 0) is 77.3 Å².